The molecule has 1 fully saturated rings. The topological polar surface area (TPSA) is 12.2 Å². The second kappa shape index (κ2) is 6.53. The third-order valence-electron chi connectivity index (χ3n) is 4.84. The summed E-state index contributed by atoms with van der Waals surface area (Å²) in [7, 11) is -1.58. The Labute approximate surface area is 139 Å². The molecule has 1 aliphatic heterocycles. The van der Waals surface area contributed by atoms with E-state index in [9.17, 15) is 0 Å². The average molecular weight is 370 g/mol. The highest BCUT2D eigenvalue weighted by Gasteiger charge is 2.38. The summed E-state index contributed by atoms with van der Waals surface area (Å²) >= 11 is 3.54. The molecule has 2 rings (SSSR count). The highest BCUT2D eigenvalue weighted by atomic mass is 79.9. The van der Waals surface area contributed by atoms with Crippen molar-refractivity contribution in [2.45, 2.75) is 51.4 Å². The van der Waals surface area contributed by atoms with Crippen molar-refractivity contribution in [1.82, 2.24) is 4.90 Å². The molecule has 21 heavy (non-hydrogen) atoms. The molecule has 4 heteroatoms. The standard InChI is InChI=1S/C17H28BrNOSi/c1-17(2,3)21(4,5)20-10-9-19-13-16(19)12-14-7-6-8-15(18)11-14/h6-8,11,16H,9-10,12-13H2,1-5H3. The van der Waals surface area contributed by atoms with E-state index in [-0.39, 0.29) is 0 Å². The predicted molar refractivity (Wildman–Crippen MR) is 96.4 cm³/mol. The van der Waals surface area contributed by atoms with Gasteiger partial charge in [0.15, 0.2) is 8.32 Å². The molecule has 2 atom stereocenters. The first kappa shape index (κ1) is 17.2. The Kier molecular flexibility index (Phi) is 5.34. The smallest absolute Gasteiger partial charge is 0.192 e. The molecule has 2 unspecified atom stereocenters. The summed E-state index contributed by atoms with van der Waals surface area (Å²) in [5.41, 5.74) is 1.42. The summed E-state index contributed by atoms with van der Waals surface area (Å²) in [6, 6.07) is 9.35. The maximum Gasteiger partial charge on any atom is 0.192 e. The SMILES string of the molecule is CC(C)(C)[Si](C)(C)OCCN1CC1Cc1cccc(Br)c1. The highest BCUT2D eigenvalue weighted by molar-refractivity contribution is 9.10. The van der Waals surface area contributed by atoms with Crippen molar-refractivity contribution in [3.8, 4) is 0 Å². The van der Waals surface area contributed by atoms with Crippen molar-refractivity contribution in [3.05, 3.63) is 34.3 Å². The lowest BCUT2D eigenvalue weighted by molar-refractivity contribution is 0.262. The van der Waals surface area contributed by atoms with E-state index in [4.69, 9.17) is 4.43 Å². The van der Waals surface area contributed by atoms with Gasteiger partial charge in [-0.1, -0.05) is 48.8 Å². The summed E-state index contributed by atoms with van der Waals surface area (Å²) in [4.78, 5) is 2.52. The summed E-state index contributed by atoms with van der Waals surface area (Å²) in [6.07, 6.45) is 1.15. The van der Waals surface area contributed by atoms with Crippen molar-refractivity contribution in [2.24, 2.45) is 0 Å². The molecule has 0 spiro atoms. The molecule has 0 amide bonds. The summed E-state index contributed by atoms with van der Waals surface area (Å²) in [6.45, 7) is 14.7. The van der Waals surface area contributed by atoms with Gasteiger partial charge in [0, 0.05) is 30.2 Å². The quantitative estimate of drug-likeness (QED) is 0.532. The van der Waals surface area contributed by atoms with Crippen LogP contribution in [0.3, 0.4) is 0 Å². The Hall–Kier alpha value is -0.163. The molecule has 0 saturated carbocycles. The van der Waals surface area contributed by atoms with Gasteiger partial charge >= 0.3 is 0 Å². The van der Waals surface area contributed by atoms with E-state index in [1.165, 1.54) is 16.6 Å². The van der Waals surface area contributed by atoms with E-state index < -0.39 is 8.32 Å². The van der Waals surface area contributed by atoms with Crippen LogP contribution in [-0.2, 0) is 10.8 Å². The largest absolute Gasteiger partial charge is 0.416 e. The third-order valence-corrected chi connectivity index (χ3v) is 9.87. The molecule has 1 aliphatic rings. The molecule has 2 nitrogen and oxygen atoms in total. The molecular weight excluding hydrogens is 342 g/mol. The minimum Gasteiger partial charge on any atom is -0.416 e. The lowest BCUT2D eigenvalue weighted by Crippen LogP contribution is -2.41. The summed E-state index contributed by atoms with van der Waals surface area (Å²) in [5, 5.41) is 0.307. The van der Waals surface area contributed by atoms with E-state index >= 15 is 0 Å². The van der Waals surface area contributed by atoms with E-state index in [2.05, 4.69) is 79.0 Å². The van der Waals surface area contributed by atoms with Crippen LogP contribution in [0.5, 0.6) is 0 Å². The van der Waals surface area contributed by atoms with Crippen molar-refractivity contribution < 1.29 is 4.43 Å². The van der Waals surface area contributed by atoms with Crippen LogP contribution in [0.15, 0.2) is 28.7 Å². The first-order valence-corrected chi connectivity index (χ1v) is 11.5. The van der Waals surface area contributed by atoms with Gasteiger partial charge in [0.25, 0.3) is 0 Å². The van der Waals surface area contributed by atoms with E-state index in [1.54, 1.807) is 0 Å². The lowest BCUT2D eigenvalue weighted by atomic mass is 10.1. The molecule has 1 aromatic carbocycles. The predicted octanol–water partition coefficient (Wildman–Crippen LogP) is 4.70. The summed E-state index contributed by atoms with van der Waals surface area (Å²) < 4.78 is 7.43. The lowest BCUT2D eigenvalue weighted by Gasteiger charge is -2.36. The highest BCUT2D eigenvalue weighted by Crippen LogP contribution is 2.36. The van der Waals surface area contributed by atoms with Crippen LogP contribution in [0.2, 0.25) is 18.1 Å². The van der Waals surface area contributed by atoms with Crippen molar-refractivity contribution >= 4 is 24.2 Å². The van der Waals surface area contributed by atoms with Crippen molar-refractivity contribution in [1.29, 1.82) is 0 Å². The van der Waals surface area contributed by atoms with E-state index in [0.717, 1.165) is 19.6 Å². The van der Waals surface area contributed by atoms with E-state index in [0.29, 0.717) is 11.1 Å². The van der Waals surface area contributed by atoms with Crippen molar-refractivity contribution in [2.75, 3.05) is 19.7 Å². The number of rotatable bonds is 6. The Balaban J connectivity index is 1.71. The first-order chi connectivity index (χ1) is 9.69. The third kappa shape index (κ3) is 4.91. The van der Waals surface area contributed by atoms with Crippen LogP contribution in [0, 0.1) is 0 Å². The van der Waals surface area contributed by atoms with Gasteiger partial charge in [0.05, 0.1) is 0 Å². The van der Waals surface area contributed by atoms with Gasteiger partial charge < -0.3 is 4.43 Å². The molecule has 0 bridgehead atoms. The van der Waals surface area contributed by atoms with Gasteiger partial charge in [-0.15, -0.1) is 0 Å². The molecule has 0 radical (unpaired) electrons. The molecular formula is C17H28BrNOSi. The maximum absolute atomic E-state index is 6.25. The number of halogens is 1. The zero-order valence-corrected chi connectivity index (χ0v) is 16.5. The zero-order valence-electron chi connectivity index (χ0n) is 13.9. The Morgan fingerprint density at radius 2 is 2.05 bits per heavy atom. The van der Waals surface area contributed by atoms with Crippen LogP contribution < -0.4 is 0 Å². The van der Waals surface area contributed by atoms with Gasteiger partial charge in [-0.2, -0.15) is 0 Å². The fraction of sp³-hybridized carbons (Fsp3) is 0.647. The van der Waals surface area contributed by atoms with Gasteiger partial charge in [0.2, 0.25) is 0 Å². The Morgan fingerprint density at radius 3 is 2.67 bits per heavy atom. The van der Waals surface area contributed by atoms with Gasteiger partial charge in [0.1, 0.15) is 0 Å². The first-order valence-electron chi connectivity index (χ1n) is 7.81. The summed E-state index contributed by atoms with van der Waals surface area (Å²) in [5.74, 6) is 0. The second-order valence-corrected chi connectivity index (χ2v) is 13.3. The minimum atomic E-state index is -1.58. The second-order valence-electron chi connectivity index (χ2n) is 7.59. The van der Waals surface area contributed by atoms with Gasteiger partial charge in [-0.25, -0.2) is 0 Å². The average Bonchev–Trinajstić information content (AvgIpc) is 3.05. The number of hydrogen-bond acceptors (Lipinski definition) is 2. The molecule has 0 N–H and O–H groups in total. The molecule has 1 saturated heterocycles. The number of nitrogens with zero attached hydrogens (tertiary/aromatic N) is 1. The number of benzene rings is 1. The molecule has 118 valence electrons. The Morgan fingerprint density at radius 1 is 1.33 bits per heavy atom. The van der Waals surface area contributed by atoms with Crippen LogP contribution >= 0.6 is 15.9 Å². The monoisotopic (exact) mass is 369 g/mol. The normalized spacial score (nSPS) is 22.4. The minimum absolute atomic E-state index is 0.307. The molecule has 1 aromatic rings. The van der Waals surface area contributed by atoms with E-state index in [1.807, 2.05) is 0 Å². The fourth-order valence-electron chi connectivity index (χ4n) is 2.26. The van der Waals surface area contributed by atoms with Crippen LogP contribution in [-0.4, -0.2) is 39.0 Å². The maximum atomic E-state index is 6.25. The molecule has 0 aliphatic carbocycles. The van der Waals surface area contributed by atoms with Crippen molar-refractivity contribution in [3.63, 3.8) is 0 Å². The van der Waals surface area contributed by atoms with Gasteiger partial charge in [-0.05, 0) is 42.2 Å². The Bertz CT molecular complexity index is 484. The molecule has 0 aromatic heterocycles. The van der Waals surface area contributed by atoms with Crippen LogP contribution in [0.1, 0.15) is 26.3 Å². The van der Waals surface area contributed by atoms with Crippen LogP contribution in [0.4, 0.5) is 0 Å². The zero-order chi connectivity index (χ0) is 15.7. The van der Waals surface area contributed by atoms with Gasteiger partial charge in [-0.3, -0.25) is 4.90 Å². The molecule has 1 heterocycles. The van der Waals surface area contributed by atoms with Crippen LogP contribution in [0.25, 0.3) is 0 Å². The fourth-order valence-corrected chi connectivity index (χ4v) is 3.74. The number of hydrogen-bond donors (Lipinski definition) is 0.